The number of ether oxygens (including phenoxy) is 1. The van der Waals surface area contributed by atoms with Gasteiger partial charge in [0, 0.05) is 24.2 Å². The predicted octanol–water partition coefficient (Wildman–Crippen LogP) is 4.18. The minimum atomic E-state index is -4.24. The average molecular weight is 328 g/mol. The molecule has 0 unspecified atom stereocenters. The van der Waals surface area contributed by atoms with Gasteiger partial charge in [-0.2, -0.15) is 13.2 Å². The Hall–Kier alpha value is -1.30. The Bertz CT molecular complexity index is 594. The fourth-order valence-electron chi connectivity index (χ4n) is 3.42. The van der Waals surface area contributed by atoms with Crippen molar-refractivity contribution in [2.45, 2.75) is 63.8 Å². The molecule has 1 N–H and O–H groups in total. The smallest absolute Gasteiger partial charge is 0.394 e. The monoisotopic (exact) mass is 328 g/mol. The van der Waals surface area contributed by atoms with Crippen molar-refractivity contribution < 1.29 is 17.9 Å². The number of alkyl halides is 3. The predicted molar refractivity (Wildman–Crippen MR) is 81.4 cm³/mol. The Kier molecular flexibility index (Phi) is 3.86. The molecule has 1 saturated carbocycles. The van der Waals surface area contributed by atoms with Gasteiger partial charge in [0.2, 0.25) is 5.88 Å². The third kappa shape index (κ3) is 2.93. The van der Waals surface area contributed by atoms with Crippen LogP contribution in [0.3, 0.4) is 0 Å². The van der Waals surface area contributed by atoms with Crippen LogP contribution in [0.4, 0.5) is 13.2 Å². The van der Waals surface area contributed by atoms with E-state index >= 15 is 0 Å². The van der Waals surface area contributed by atoms with Crippen LogP contribution in [0, 0.1) is 5.41 Å². The van der Waals surface area contributed by atoms with E-state index in [1.54, 1.807) is 0 Å². The molecule has 128 valence electrons. The molecule has 23 heavy (non-hydrogen) atoms. The number of fused-ring (bicyclic) bond motifs is 1. The van der Waals surface area contributed by atoms with Gasteiger partial charge in [-0.1, -0.05) is 13.8 Å². The summed E-state index contributed by atoms with van der Waals surface area (Å²) in [5.41, 5.74) is -0.427. The van der Waals surface area contributed by atoms with Crippen LogP contribution in [-0.4, -0.2) is 23.8 Å². The molecule has 1 spiro atoms. The quantitative estimate of drug-likeness (QED) is 0.904. The van der Waals surface area contributed by atoms with Crippen LogP contribution in [0.2, 0.25) is 0 Å². The fourth-order valence-corrected chi connectivity index (χ4v) is 3.42. The van der Waals surface area contributed by atoms with Crippen molar-refractivity contribution in [3.63, 3.8) is 0 Å². The zero-order valence-corrected chi connectivity index (χ0v) is 13.8. The molecule has 0 bridgehead atoms. The number of nitrogens with zero attached hydrogens (tertiary/aromatic N) is 1. The van der Waals surface area contributed by atoms with Gasteiger partial charge in [0.15, 0.2) is 0 Å². The summed E-state index contributed by atoms with van der Waals surface area (Å²) in [6.07, 6.45) is 1.26. The summed E-state index contributed by atoms with van der Waals surface area (Å²) in [4.78, 5) is 4.33. The second-order valence-corrected chi connectivity index (χ2v) is 7.48. The highest BCUT2D eigenvalue weighted by molar-refractivity contribution is 5.37. The maximum absolute atomic E-state index is 13.1. The van der Waals surface area contributed by atoms with Gasteiger partial charge in [0.05, 0.1) is 5.41 Å². The highest BCUT2D eigenvalue weighted by Gasteiger charge is 2.48. The third-order valence-corrected chi connectivity index (χ3v) is 5.23. The maximum Gasteiger partial charge on any atom is 0.394 e. The van der Waals surface area contributed by atoms with Gasteiger partial charge < -0.3 is 10.1 Å². The largest absolute Gasteiger partial charge is 0.471 e. The molecule has 2 heterocycles. The van der Waals surface area contributed by atoms with Gasteiger partial charge in [-0.05, 0) is 44.4 Å². The normalized spacial score (nSPS) is 23.1. The molecule has 1 aromatic heterocycles. The first kappa shape index (κ1) is 16.6. The summed E-state index contributed by atoms with van der Waals surface area (Å²) in [5, 5.41) is 3.26. The first-order valence-electron chi connectivity index (χ1n) is 8.08. The molecule has 1 aliphatic carbocycles. The number of pyridine rings is 1. The average Bonchev–Trinajstić information content (AvgIpc) is 2.43. The van der Waals surface area contributed by atoms with Crippen LogP contribution in [0.25, 0.3) is 0 Å². The summed E-state index contributed by atoms with van der Waals surface area (Å²) in [6, 6.07) is 1.91. The summed E-state index contributed by atoms with van der Waals surface area (Å²) in [7, 11) is 1.87. The van der Waals surface area contributed by atoms with Crippen LogP contribution >= 0.6 is 0 Å². The van der Waals surface area contributed by atoms with Crippen LogP contribution < -0.4 is 10.1 Å². The van der Waals surface area contributed by atoms with Crippen molar-refractivity contribution >= 4 is 0 Å². The number of rotatable bonds is 3. The van der Waals surface area contributed by atoms with Crippen molar-refractivity contribution in [1.29, 1.82) is 0 Å². The van der Waals surface area contributed by atoms with Crippen LogP contribution in [0.5, 0.6) is 5.88 Å². The lowest BCUT2D eigenvalue weighted by Crippen LogP contribution is -2.49. The zero-order chi connectivity index (χ0) is 16.9. The topological polar surface area (TPSA) is 34.1 Å². The van der Waals surface area contributed by atoms with E-state index in [0.717, 1.165) is 31.2 Å². The van der Waals surface area contributed by atoms with Crippen molar-refractivity contribution in [3.8, 4) is 5.88 Å². The van der Waals surface area contributed by atoms with Crippen LogP contribution in [-0.2, 0) is 6.42 Å². The van der Waals surface area contributed by atoms with Gasteiger partial charge in [0.1, 0.15) is 5.60 Å². The number of nitrogens with one attached hydrogen (secondary N) is 1. The van der Waals surface area contributed by atoms with Crippen molar-refractivity contribution in [2.24, 2.45) is 5.41 Å². The van der Waals surface area contributed by atoms with Crippen molar-refractivity contribution in [3.05, 3.63) is 23.4 Å². The van der Waals surface area contributed by atoms with Gasteiger partial charge in [-0.25, -0.2) is 4.98 Å². The van der Waals surface area contributed by atoms with E-state index in [0.29, 0.717) is 11.4 Å². The highest BCUT2D eigenvalue weighted by atomic mass is 19.4. The second kappa shape index (κ2) is 5.36. The molecule has 0 amide bonds. The van der Waals surface area contributed by atoms with Crippen molar-refractivity contribution in [2.75, 3.05) is 7.05 Å². The Morgan fingerprint density at radius 1 is 1.35 bits per heavy atom. The highest BCUT2D eigenvalue weighted by Crippen LogP contribution is 2.48. The van der Waals surface area contributed by atoms with E-state index in [4.69, 9.17) is 4.74 Å². The molecular weight excluding hydrogens is 305 g/mol. The molecule has 1 atom stereocenters. The fraction of sp³-hybridized carbons (Fsp3) is 0.706. The first-order valence-corrected chi connectivity index (χ1v) is 8.08. The number of hydrogen-bond acceptors (Lipinski definition) is 3. The molecule has 1 aromatic rings. The van der Waals surface area contributed by atoms with Crippen molar-refractivity contribution in [1.82, 2.24) is 10.3 Å². The lowest BCUT2D eigenvalue weighted by atomic mass is 9.73. The molecule has 1 aliphatic heterocycles. The molecule has 1 fully saturated rings. The lowest BCUT2D eigenvalue weighted by molar-refractivity contribution is -0.211. The van der Waals surface area contributed by atoms with Gasteiger partial charge in [0.25, 0.3) is 0 Å². The number of halogens is 3. The van der Waals surface area contributed by atoms with E-state index < -0.39 is 11.6 Å². The summed E-state index contributed by atoms with van der Waals surface area (Å²) >= 11 is 0. The van der Waals surface area contributed by atoms with E-state index in [-0.39, 0.29) is 18.1 Å². The Labute approximate surface area is 134 Å². The minimum Gasteiger partial charge on any atom is -0.471 e. The molecule has 3 rings (SSSR count). The summed E-state index contributed by atoms with van der Waals surface area (Å²) < 4.78 is 45.4. The lowest BCUT2D eigenvalue weighted by Gasteiger charge is -2.47. The minimum absolute atomic E-state index is 0.0838. The molecule has 6 heteroatoms. The Morgan fingerprint density at radius 3 is 2.57 bits per heavy atom. The summed E-state index contributed by atoms with van der Waals surface area (Å²) in [5.74, 6) is 0.573. The maximum atomic E-state index is 13.1. The van der Waals surface area contributed by atoms with E-state index in [1.807, 2.05) is 13.1 Å². The third-order valence-electron chi connectivity index (χ3n) is 5.23. The molecule has 0 aromatic carbocycles. The Morgan fingerprint density at radius 2 is 2.04 bits per heavy atom. The number of hydrogen-bond donors (Lipinski definition) is 1. The van der Waals surface area contributed by atoms with Crippen LogP contribution in [0.1, 0.15) is 56.7 Å². The standard InChI is InChI=1S/C17H23F3N2O/c1-15(2,17(18,19)20)8-11-7-12-13(21-3)9-16(5-4-6-16)23-14(12)22-10-11/h7,10,13,21H,4-6,8-9H2,1-3H3/t13-/m0/s1. The zero-order valence-electron chi connectivity index (χ0n) is 13.8. The van der Waals surface area contributed by atoms with E-state index in [1.165, 1.54) is 20.0 Å². The molecule has 0 radical (unpaired) electrons. The number of aromatic nitrogens is 1. The first-order chi connectivity index (χ1) is 10.7. The molecular formula is C17H23F3N2O. The van der Waals surface area contributed by atoms with Gasteiger partial charge in [-0.15, -0.1) is 0 Å². The molecule has 2 aliphatic rings. The van der Waals surface area contributed by atoms with E-state index in [9.17, 15) is 13.2 Å². The second-order valence-electron chi connectivity index (χ2n) is 7.48. The van der Waals surface area contributed by atoms with E-state index in [2.05, 4.69) is 10.3 Å². The molecule has 3 nitrogen and oxygen atoms in total. The Balaban J connectivity index is 1.87. The van der Waals surface area contributed by atoms with Gasteiger partial charge in [-0.3, -0.25) is 0 Å². The molecule has 0 saturated heterocycles. The SMILES string of the molecule is CN[C@H]1CC2(CCC2)Oc2ncc(CC(C)(C)C(F)(F)F)cc21. The summed E-state index contributed by atoms with van der Waals surface area (Å²) in [6.45, 7) is 2.45. The van der Waals surface area contributed by atoms with Gasteiger partial charge >= 0.3 is 6.18 Å². The van der Waals surface area contributed by atoms with Crippen LogP contribution in [0.15, 0.2) is 12.3 Å².